The fraction of sp³-hybridized carbons (Fsp3) is 0.273. The minimum absolute atomic E-state index is 0.0776. The van der Waals surface area contributed by atoms with E-state index < -0.39 is 5.92 Å². The summed E-state index contributed by atoms with van der Waals surface area (Å²) in [5.41, 5.74) is 1.71. The third-order valence-electron chi connectivity index (χ3n) is 4.72. The molecule has 0 aliphatic heterocycles. The highest BCUT2D eigenvalue weighted by Gasteiger charge is 2.24. The molecular formula is C22H24FN3O2. The van der Waals surface area contributed by atoms with Gasteiger partial charge in [0.25, 0.3) is 0 Å². The summed E-state index contributed by atoms with van der Waals surface area (Å²) >= 11 is 0. The smallest absolute Gasteiger partial charge is 0.227 e. The van der Waals surface area contributed by atoms with Crippen molar-refractivity contribution in [3.8, 4) is 0 Å². The van der Waals surface area contributed by atoms with Gasteiger partial charge in [-0.15, -0.1) is 0 Å². The van der Waals surface area contributed by atoms with Gasteiger partial charge in [0.1, 0.15) is 11.6 Å². The quantitative estimate of drug-likeness (QED) is 0.648. The SMILES string of the molecule is CN(C)C(CNC(=O)C(Cc1cccnc1)c1ccc(F)cc1)c1ccco1. The van der Waals surface area contributed by atoms with Gasteiger partial charge >= 0.3 is 0 Å². The van der Waals surface area contributed by atoms with Crippen LogP contribution in [0.25, 0.3) is 0 Å². The third kappa shape index (κ3) is 5.04. The van der Waals surface area contributed by atoms with Crippen LogP contribution in [0.3, 0.4) is 0 Å². The van der Waals surface area contributed by atoms with E-state index in [4.69, 9.17) is 4.42 Å². The highest BCUT2D eigenvalue weighted by molar-refractivity contribution is 5.84. The molecular weight excluding hydrogens is 357 g/mol. The Kier molecular flexibility index (Phi) is 6.55. The van der Waals surface area contributed by atoms with Gasteiger partial charge < -0.3 is 9.73 Å². The van der Waals surface area contributed by atoms with Gasteiger partial charge in [0.15, 0.2) is 0 Å². The molecule has 0 saturated heterocycles. The van der Waals surface area contributed by atoms with Crippen molar-refractivity contribution in [2.45, 2.75) is 18.4 Å². The predicted molar refractivity (Wildman–Crippen MR) is 105 cm³/mol. The molecule has 3 rings (SSSR count). The van der Waals surface area contributed by atoms with Crippen LogP contribution in [0.1, 0.15) is 28.8 Å². The van der Waals surface area contributed by atoms with Crippen LogP contribution in [0, 0.1) is 5.82 Å². The summed E-state index contributed by atoms with van der Waals surface area (Å²) in [5.74, 6) is -0.0938. The number of amides is 1. The minimum atomic E-state index is -0.441. The number of nitrogens with one attached hydrogen (secondary N) is 1. The second-order valence-corrected chi connectivity index (χ2v) is 6.91. The number of pyridine rings is 1. The molecule has 0 saturated carbocycles. The third-order valence-corrected chi connectivity index (χ3v) is 4.72. The number of aromatic nitrogens is 1. The predicted octanol–water partition coefficient (Wildman–Crippen LogP) is 3.56. The molecule has 28 heavy (non-hydrogen) atoms. The summed E-state index contributed by atoms with van der Waals surface area (Å²) in [7, 11) is 3.87. The molecule has 2 heterocycles. The lowest BCUT2D eigenvalue weighted by atomic mass is 9.91. The summed E-state index contributed by atoms with van der Waals surface area (Å²) in [6.07, 6.45) is 5.55. The molecule has 2 aromatic heterocycles. The molecule has 3 aromatic rings. The molecule has 6 heteroatoms. The maximum absolute atomic E-state index is 13.4. The first-order valence-corrected chi connectivity index (χ1v) is 9.16. The molecule has 5 nitrogen and oxygen atoms in total. The van der Waals surface area contributed by atoms with Crippen molar-refractivity contribution >= 4 is 5.91 Å². The van der Waals surface area contributed by atoms with E-state index in [2.05, 4.69) is 10.3 Å². The zero-order chi connectivity index (χ0) is 19.9. The topological polar surface area (TPSA) is 58.4 Å². The summed E-state index contributed by atoms with van der Waals surface area (Å²) in [6.45, 7) is 0.407. The van der Waals surface area contributed by atoms with E-state index in [0.717, 1.165) is 16.9 Å². The van der Waals surface area contributed by atoms with Gasteiger partial charge in [-0.2, -0.15) is 0 Å². The number of carbonyl (C=O) groups is 1. The largest absolute Gasteiger partial charge is 0.468 e. The first-order chi connectivity index (χ1) is 13.5. The second-order valence-electron chi connectivity index (χ2n) is 6.91. The molecule has 2 atom stereocenters. The molecule has 0 fully saturated rings. The van der Waals surface area contributed by atoms with Gasteiger partial charge in [-0.05, 0) is 62.0 Å². The Morgan fingerprint density at radius 2 is 1.96 bits per heavy atom. The number of hydrogen-bond acceptors (Lipinski definition) is 4. The number of benzene rings is 1. The fourth-order valence-corrected chi connectivity index (χ4v) is 3.15. The van der Waals surface area contributed by atoms with Gasteiger partial charge in [0.2, 0.25) is 5.91 Å². The molecule has 0 aliphatic rings. The second kappa shape index (κ2) is 9.28. The monoisotopic (exact) mass is 381 g/mol. The van der Waals surface area contributed by atoms with E-state index in [1.165, 1.54) is 12.1 Å². The van der Waals surface area contributed by atoms with E-state index in [9.17, 15) is 9.18 Å². The molecule has 0 radical (unpaired) electrons. The van der Waals surface area contributed by atoms with Crippen LogP contribution in [-0.4, -0.2) is 36.4 Å². The zero-order valence-corrected chi connectivity index (χ0v) is 16.0. The minimum Gasteiger partial charge on any atom is -0.468 e. The Morgan fingerprint density at radius 1 is 1.18 bits per heavy atom. The lowest BCUT2D eigenvalue weighted by Gasteiger charge is -2.24. The van der Waals surface area contributed by atoms with Crippen molar-refractivity contribution in [1.29, 1.82) is 0 Å². The van der Waals surface area contributed by atoms with Gasteiger partial charge in [-0.25, -0.2) is 4.39 Å². The number of furan rings is 1. The standard InChI is InChI=1S/C22H24FN3O2/c1-26(2)20(21-6-4-12-28-21)15-25-22(27)19(13-16-5-3-11-24-14-16)17-7-9-18(23)10-8-17/h3-12,14,19-20H,13,15H2,1-2H3,(H,25,27). The van der Waals surface area contributed by atoms with Gasteiger partial charge in [-0.3, -0.25) is 14.7 Å². The highest BCUT2D eigenvalue weighted by Crippen LogP contribution is 2.23. The maximum Gasteiger partial charge on any atom is 0.227 e. The Balaban J connectivity index is 1.76. The van der Waals surface area contributed by atoms with Crippen LogP contribution in [0.4, 0.5) is 4.39 Å². The Labute approximate surface area is 164 Å². The van der Waals surface area contributed by atoms with Crippen molar-refractivity contribution in [3.05, 3.63) is 89.9 Å². The van der Waals surface area contributed by atoms with Crippen LogP contribution < -0.4 is 5.32 Å². The summed E-state index contributed by atoms with van der Waals surface area (Å²) < 4.78 is 18.9. The van der Waals surface area contributed by atoms with Crippen LogP contribution in [-0.2, 0) is 11.2 Å². The number of nitrogens with zero attached hydrogens (tertiary/aromatic N) is 2. The molecule has 1 N–H and O–H groups in total. The van der Waals surface area contributed by atoms with Crippen molar-refractivity contribution in [1.82, 2.24) is 15.2 Å². The number of rotatable bonds is 8. The Morgan fingerprint density at radius 3 is 2.57 bits per heavy atom. The van der Waals surface area contributed by atoms with Crippen molar-refractivity contribution in [2.24, 2.45) is 0 Å². The molecule has 0 bridgehead atoms. The number of carbonyl (C=O) groups excluding carboxylic acids is 1. The lowest BCUT2D eigenvalue weighted by Crippen LogP contribution is -2.37. The molecule has 1 aromatic carbocycles. The number of hydrogen-bond donors (Lipinski definition) is 1. The van der Waals surface area contributed by atoms with Gasteiger partial charge in [0.05, 0.1) is 18.2 Å². The summed E-state index contributed by atoms with van der Waals surface area (Å²) in [5, 5.41) is 3.03. The average molecular weight is 381 g/mol. The van der Waals surface area contributed by atoms with E-state index in [1.807, 2.05) is 43.3 Å². The first-order valence-electron chi connectivity index (χ1n) is 9.16. The van der Waals surface area contributed by atoms with E-state index in [0.29, 0.717) is 13.0 Å². The number of halogens is 1. The van der Waals surface area contributed by atoms with Crippen LogP contribution in [0.5, 0.6) is 0 Å². The van der Waals surface area contributed by atoms with Crippen LogP contribution >= 0.6 is 0 Å². The maximum atomic E-state index is 13.4. The average Bonchev–Trinajstić information content (AvgIpc) is 3.22. The first kappa shape index (κ1) is 19.8. The molecule has 146 valence electrons. The molecule has 1 amide bonds. The van der Waals surface area contributed by atoms with E-state index in [-0.39, 0.29) is 17.8 Å². The molecule has 2 unspecified atom stereocenters. The zero-order valence-electron chi connectivity index (χ0n) is 16.0. The molecule has 0 aliphatic carbocycles. The number of likely N-dealkylation sites (N-methyl/N-ethyl adjacent to an activating group) is 1. The van der Waals surface area contributed by atoms with E-state index >= 15 is 0 Å². The summed E-state index contributed by atoms with van der Waals surface area (Å²) in [4.78, 5) is 19.2. The van der Waals surface area contributed by atoms with Crippen LogP contribution in [0.2, 0.25) is 0 Å². The normalized spacial score (nSPS) is 13.3. The van der Waals surface area contributed by atoms with Crippen molar-refractivity contribution in [3.63, 3.8) is 0 Å². The fourth-order valence-electron chi connectivity index (χ4n) is 3.15. The van der Waals surface area contributed by atoms with Crippen molar-refractivity contribution < 1.29 is 13.6 Å². The Bertz CT molecular complexity index is 865. The Hall–Kier alpha value is -2.99. The molecule has 0 spiro atoms. The lowest BCUT2D eigenvalue weighted by molar-refractivity contribution is -0.122. The van der Waals surface area contributed by atoms with Crippen LogP contribution in [0.15, 0.2) is 71.6 Å². The van der Waals surface area contributed by atoms with Crippen molar-refractivity contribution in [2.75, 3.05) is 20.6 Å². The van der Waals surface area contributed by atoms with Gasteiger partial charge in [-0.1, -0.05) is 18.2 Å². The van der Waals surface area contributed by atoms with E-state index in [1.54, 1.807) is 30.8 Å². The summed E-state index contributed by atoms with van der Waals surface area (Å²) in [6, 6.07) is 13.5. The van der Waals surface area contributed by atoms with Gasteiger partial charge in [0, 0.05) is 18.9 Å². The highest BCUT2D eigenvalue weighted by atomic mass is 19.1.